The summed E-state index contributed by atoms with van der Waals surface area (Å²) in [6.07, 6.45) is 0. The van der Waals surface area contributed by atoms with Gasteiger partial charge in [0.1, 0.15) is 5.82 Å². The van der Waals surface area contributed by atoms with Crippen LogP contribution in [-0.4, -0.2) is 32.2 Å². The van der Waals surface area contributed by atoms with E-state index in [4.69, 9.17) is 5.73 Å². The van der Waals surface area contributed by atoms with Crippen molar-refractivity contribution >= 4 is 17.2 Å². The molecule has 0 saturated heterocycles. The molecule has 4 heteroatoms. The molecule has 0 fully saturated rings. The van der Waals surface area contributed by atoms with Crippen LogP contribution in [0, 0.1) is 13.8 Å². The summed E-state index contributed by atoms with van der Waals surface area (Å²) < 4.78 is 0. The van der Waals surface area contributed by atoms with Gasteiger partial charge in [0.2, 0.25) is 0 Å². The highest BCUT2D eigenvalue weighted by Crippen LogP contribution is 2.16. The molecule has 0 aliphatic rings. The van der Waals surface area contributed by atoms with Gasteiger partial charge in [-0.15, -0.1) is 0 Å². The van der Waals surface area contributed by atoms with Gasteiger partial charge >= 0.3 is 0 Å². The number of benzene rings is 1. The van der Waals surface area contributed by atoms with Crippen LogP contribution in [0.1, 0.15) is 11.3 Å². The number of nitrogens with two attached hydrogens (primary N) is 1. The Morgan fingerprint density at radius 1 is 0.952 bits per heavy atom. The first-order chi connectivity index (χ1) is 9.95. The molecular weight excluding hydrogens is 260 g/mol. The fourth-order valence-corrected chi connectivity index (χ4v) is 2.29. The minimum atomic E-state index is 0.795. The largest absolute Gasteiger partial charge is 0.399 e. The topological polar surface area (TPSA) is 45.4 Å². The number of hydrogen-bond donors (Lipinski definition) is 1. The summed E-state index contributed by atoms with van der Waals surface area (Å²) in [5, 5.41) is 0. The van der Waals surface area contributed by atoms with Crippen molar-refractivity contribution in [3.05, 3.63) is 47.7 Å². The Bertz CT molecular complexity index is 572. The number of pyridine rings is 1. The minimum Gasteiger partial charge on any atom is -0.399 e. The third-order valence-corrected chi connectivity index (χ3v) is 3.58. The second kappa shape index (κ2) is 6.48. The Kier molecular flexibility index (Phi) is 4.68. The molecule has 0 aliphatic carbocycles. The van der Waals surface area contributed by atoms with E-state index in [2.05, 4.69) is 47.9 Å². The highest BCUT2D eigenvalue weighted by atomic mass is 15.2. The molecule has 0 bridgehead atoms. The van der Waals surface area contributed by atoms with Gasteiger partial charge in [-0.3, -0.25) is 0 Å². The number of nitrogen functional groups attached to an aromatic ring is 1. The second-order valence-electron chi connectivity index (χ2n) is 5.58. The van der Waals surface area contributed by atoms with Crippen LogP contribution >= 0.6 is 0 Å². The molecule has 1 heterocycles. The molecule has 2 aromatic rings. The fraction of sp³-hybridized carbons (Fsp3) is 0.353. The first-order valence-corrected chi connectivity index (χ1v) is 7.19. The summed E-state index contributed by atoms with van der Waals surface area (Å²) >= 11 is 0. The molecule has 0 radical (unpaired) electrons. The average molecular weight is 284 g/mol. The molecule has 2 N–H and O–H groups in total. The van der Waals surface area contributed by atoms with Crippen LogP contribution in [0.3, 0.4) is 0 Å². The van der Waals surface area contributed by atoms with E-state index in [0.29, 0.717) is 0 Å². The van der Waals surface area contributed by atoms with Crippen LogP contribution in [0.4, 0.5) is 17.2 Å². The van der Waals surface area contributed by atoms with Crippen molar-refractivity contribution < 1.29 is 0 Å². The molecule has 1 aromatic heterocycles. The SMILES string of the molecule is Cc1cc(C)nc(N(C)CCN(C)c2ccc(N)cc2)c1. The maximum Gasteiger partial charge on any atom is 0.128 e. The van der Waals surface area contributed by atoms with E-state index >= 15 is 0 Å². The first-order valence-electron chi connectivity index (χ1n) is 7.19. The Morgan fingerprint density at radius 3 is 2.19 bits per heavy atom. The van der Waals surface area contributed by atoms with Gasteiger partial charge in [-0.25, -0.2) is 4.98 Å². The van der Waals surface area contributed by atoms with Crippen LogP contribution in [-0.2, 0) is 0 Å². The third-order valence-electron chi connectivity index (χ3n) is 3.58. The molecule has 0 spiro atoms. The zero-order valence-corrected chi connectivity index (χ0v) is 13.3. The second-order valence-corrected chi connectivity index (χ2v) is 5.58. The number of nitrogens with zero attached hydrogens (tertiary/aromatic N) is 3. The predicted molar refractivity (Wildman–Crippen MR) is 91.1 cm³/mol. The van der Waals surface area contributed by atoms with Crippen molar-refractivity contribution in [2.24, 2.45) is 0 Å². The van der Waals surface area contributed by atoms with E-state index in [0.717, 1.165) is 30.3 Å². The fourth-order valence-electron chi connectivity index (χ4n) is 2.29. The molecule has 0 atom stereocenters. The first kappa shape index (κ1) is 15.2. The van der Waals surface area contributed by atoms with Gasteiger partial charge in [-0.05, 0) is 55.8 Å². The molecule has 2 rings (SSSR count). The van der Waals surface area contributed by atoms with Crippen LogP contribution in [0.25, 0.3) is 0 Å². The van der Waals surface area contributed by atoms with Crippen molar-refractivity contribution in [2.45, 2.75) is 13.8 Å². The van der Waals surface area contributed by atoms with E-state index in [1.807, 2.05) is 31.2 Å². The van der Waals surface area contributed by atoms with Crippen LogP contribution in [0.15, 0.2) is 36.4 Å². The lowest BCUT2D eigenvalue weighted by atomic mass is 10.2. The van der Waals surface area contributed by atoms with Gasteiger partial charge < -0.3 is 15.5 Å². The summed E-state index contributed by atoms with van der Waals surface area (Å²) in [4.78, 5) is 9.00. The van der Waals surface area contributed by atoms with Crippen molar-refractivity contribution in [1.29, 1.82) is 0 Å². The number of likely N-dealkylation sites (N-methyl/N-ethyl adjacent to an activating group) is 2. The molecular formula is C17H24N4. The van der Waals surface area contributed by atoms with E-state index in [9.17, 15) is 0 Å². The predicted octanol–water partition coefficient (Wildman–Crippen LogP) is 2.85. The highest BCUT2D eigenvalue weighted by Gasteiger charge is 2.06. The highest BCUT2D eigenvalue weighted by molar-refractivity contribution is 5.53. The molecule has 0 unspecified atom stereocenters. The normalized spacial score (nSPS) is 10.5. The molecule has 0 aliphatic heterocycles. The summed E-state index contributed by atoms with van der Waals surface area (Å²) in [5.74, 6) is 1.03. The van der Waals surface area contributed by atoms with Crippen LogP contribution in [0.5, 0.6) is 0 Å². The van der Waals surface area contributed by atoms with Crippen molar-refractivity contribution in [2.75, 3.05) is 42.7 Å². The number of aromatic nitrogens is 1. The average Bonchev–Trinajstić information content (AvgIpc) is 2.44. The lowest BCUT2D eigenvalue weighted by molar-refractivity contribution is 0.820. The number of hydrogen-bond acceptors (Lipinski definition) is 4. The van der Waals surface area contributed by atoms with Gasteiger partial charge in [-0.2, -0.15) is 0 Å². The van der Waals surface area contributed by atoms with Crippen molar-refractivity contribution in [3.8, 4) is 0 Å². The molecule has 0 amide bonds. The van der Waals surface area contributed by atoms with E-state index in [-0.39, 0.29) is 0 Å². The number of rotatable bonds is 5. The van der Waals surface area contributed by atoms with E-state index in [1.165, 1.54) is 11.3 Å². The van der Waals surface area contributed by atoms with Crippen LogP contribution < -0.4 is 15.5 Å². The quantitative estimate of drug-likeness (QED) is 0.858. The van der Waals surface area contributed by atoms with E-state index in [1.54, 1.807) is 0 Å². The molecule has 112 valence electrons. The van der Waals surface area contributed by atoms with Gasteiger partial charge in [0.25, 0.3) is 0 Å². The third kappa shape index (κ3) is 4.12. The monoisotopic (exact) mass is 284 g/mol. The summed E-state index contributed by atoms with van der Waals surface area (Å²) in [7, 11) is 4.17. The van der Waals surface area contributed by atoms with E-state index < -0.39 is 0 Å². The van der Waals surface area contributed by atoms with Gasteiger partial charge in [0.05, 0.1) is 0 Å². The maximum absolute atomic E-state index is 5.72. The lowest BCUT2D eigenvalue weighted by Gasteiger charge is -2.25. The molecule has 4 nitrogen and oxygen atoms in total. The number of anilines is 3. The van der Waals surface area contributed by atoms with Gasteiger partial charge in [0, 0.05) is 44.3 Å². The minimum absolute atomic E-state index is 0.795. The number of aryl methyl sites for hydroxylation is 2. The van der Waals surface area contributed by atoms with Crippen molar-refractivity contribution in [1.82, 2.24) is 4.98 Å². The summed E-state index contributed by atoms with van der Waals surface area (Å²) in [6, 6.07) is 12.2. The molecule has 1 aromatic carbocycles. The zero-order chi connectivity index (χ0) is 15.4. The smallest absolute Gasteiger partial charge is 0.128 e. The van der Waals surface area contributed by atoms with Gasteiger partial charge in [0.15, 0.2) is 0 Å². The summed E-state index contributed by atoms with van der Waals surface area (Å²) in [5.41, 5.74) is 9.99. The Labute approximate surface area is 127 Å². The van der Waals surface area contributed by atoms with Gasteiger partial charge in [-0.1, -0.05) is 0 Å². The summed E-state index contributed by atoms with van der Waals surface area (Å²) in [6.45, 7) is 5.98. The Hall–Kier alpha value is -2.23. The Morgan fingerprint density at radius 2 is 1.57 bits per heavy atom. The maximum atomic E-state index is 5.72. The van der Waals surface area contributed by atoms with Crippen molar-refractivity contribution in [3.63, 3.8) is 0 Å². The standard InChI is InChI=1S/C17H24N4/c1-13-11-14(2)19-17(12-13)21(4)10-9-20(3)16-7-5-15(18)6-8-16/h5-8,11-12H,9-10,18H2,1-4H3. The molecule has 21 heavy (non-hydrogen) atoms. The lowest BCUT2D eigenvalue weighted by Crippen LogP contribution is -2.31. The Balaban J connectivity index is 1.97. The molecule has 0 saturated carbocycles. The van der Waals surface area contributed by atoms with Crippen LogP contribution in [0.2, 0.25) is 0 Å². The zero-order valence-electron chi connectivity index (χ0n) is 13.3.